The standard InChI is InChI=1S/C16H24O.C14H20N2O2.C2H2/c1-10-7-13(4)16(9-11(10)2)14(5)8-12(3)15(6)17;1-9(2)11-6-5-10-7-16(8-14(3,4)18)13(17)12(10)15-11;1-2/h7,9,12,14H,8H2,1-6H3;5-6,9,18H,7-8H2,1-4H3;1-2H. The maximum absolute atomic E-state index is 12.2. The highest BCUT2D eigenvalue weighted by Crippen LogP contribution is 2.28. The number of fused-ring (bicyclic) bond motifs is 1. The van der Waals surface area contributed by atoms with Crippen molar-refractivity contribution in [3.05, 3.63) is 63.5 Å². The molecular formula is C32H46N2O3. The van der Waals surface area contributed by atoms with E-state index in [1.807, 2.05) is 19.1 Å². The van der Waals surface area contributed by atoms with Crippen molar-refractivity contribution in [2.45, 2.75) is 99.6 Å². The zero-order valence-corrected chi connectivity index (χ0v) is 24.5. The average Bonchev–Trinajstić information content (AvgIpc) is 3.10. The van der Waals surface area contributed by atoms with Crippen LogP contribution < -0.4 is 0 Å². The van der Waals surface area contributed by atoms with Crippen LogP contribution in [0.25, 0.3) is 0 Å². The Morgan fingerprint density at radius 1 is 1.05 bits per heavy atom. The minimum absolute atomic E-state index is 0.0744. The van der Waals surface area contributed by atoms with E-state index in [2.05, 4.69) is 71.5 Å². The number of benzene rings is 1. The van der Waals surface area contributed by atoms with Crippen LogP contribution in [0.15, 0.2) is 24.3 Å². The number of nitrogens with zero attached hydrogens (tertiary/aromatic N) is 2. The number of carbonyl (C=O) groups excluding carboxylic acids is 2. The number of rotatable bonds is 7. The third kappa shape index (κ3) is 9.13. The van der Waals surface area contributed by atoms with Crippen LogP contribution in [-0.2, 0) is 11.3 Å². The molecule has 1 aliphatic rings. The Morgan fingerprint density at radius 2 is 1.62 bits per heavy atom. The SMILES string of the molecule is C#C.CC(=O)C(C)CC(C)c1cc(C)c(C)cc1C.CC(C)c1ccc2c(n1)C(=O)N(CC(C)(C)O)C2. The van der Waals surface area contributed by atoms with E-state index < -0.39 is 5.60 Å². The van der Waals surface area contributed by atoms with Gasteiger partial charge in [0.05, 0.1) is 5.60 Å². The van der Waals surface area contributed by atoms with Crippen molar-refractivity contribution in [2.24, 2.45) is 5.92 Å². The molecule has 0 saturated carbocycles. The smallest absolute Gasteiger partial charge is 0.273 e. The maximum atomic E-state index is 12.2. The van der Waals surface area contributed by atoms with Gasteiger partial charge in [0.2, 0.25) is 0 Å². The lowest BCUT2D eigenvalue weighted by Crippen LogP contribution is -2.38. The first-order valence-corrected chi connectivity index (χ1v) is 13.0. The van der Waals surface area contributed by atoms with Crippen LogP contribution in [0.2, 0.25) is 0 Å². The van der Waals surface area contributed by atoms with E-state index in [-0.39, 0.29) is 11.8 Å². The van der Waals surface area contributed by atoms with E-state index >= 15 is 0 Å². The number of carbonyl (C=O) groups is 2. The summed E-state index contributed by atoms with van der Waals surface area (Å²) in [6, 6.07) is 8.48. The second-order valence-corrected chi connectivity index (χ2v) is 11.3. The van der Waals surface area contributed by atoms with Crippen molar-refractivity contribution >= 4 is 11.7 Å². The van der Waals surface area contributed by atoms with Crippen molar-refractivity contribution in [3.63, 3.8) is 0 Å². The second kappa shape index (κ2) is 13.5. The van der Waals surface area contributed by atoms with E-state index in [4.69, 9.17) is 0 Å². The minimum Gasteiger partial charge on any atom is -0.389 e. The van der Waals surface area contributed by atoms with Gasteiger partial charge < -0.3 is 10.0 Å². The Balaban J connectivity index is 0.000000348. The molecule has 2 aromatic rings. The van der Waals surface area contributed by atoms with E-state index in [1.54, 1.807) is 25.7 Å². The predicted molar refractivity (Wildman–Crippen MR) is 153 cm³/mol. The number of amides is 1. The Morgan fingerprint density at radius 3 is 2.14 bits per heavy atom. The van der Waals surface area contributed by atoms with Gasteiger partial charge in [0.1, 0.15) is 11.5 Å². The molecule has 1 aromatic heterocycles. The minimum atomic E-state index is -0.876. The quantitative estimate of drug-likeness (QED) is 0.435. The Hall–Kier alpha value is -2.97. The van der Waals surface area contributed by atoms with E-state index in [0.29, 0.717) is 36.4 Å². The maximum Gasteiger partial charge on any atom is 0.273 e. The molecule has 0 bridgehead atoms. The number of ketones is 1. The van der Waals surface area contributed by atoms with Gasteiger partial charge >= 0.3 is 0 Å². The lowest BCUT2D eigenvalue weighted by molar-refractivity contribution is -0.120. The van der Waals surface area contributed by atoms with Gasteiger partial charge in [-0.2, -0.15) is 0 Å². The number of terminal acetylenes is 1. The van der Waals surface area contributed by atoms with Gasteiger partial charge in [-0.3, -0.25) is 9.59 Å². The largest absolute Gasteiger partial charge is 0.389 e. The lowest BCUT2D eigenvalue weighted by Gasteiger charge is -2.24. The summed E-state index contributed by atoms with van der Waals surface area (Å²) in [6.45, 7) is 20.8. The second-order valence-electron chi connectivity index (χ2n) is 11.3. The lowest BCUT2D eigenvalue weighted by atomic mass is 9.86. The zero-order valence-electron chi connectivity index (χ0n) is 24.5. The van der Waals surface area contributed by atoms with Crippen molar-refractivity contribution < 1.29 is 14.7 Å². The average molecular weight is 507 g/mol. The first-order valence-electron chi connectivity index (χ1n) is 13.0. The van der Waals surface area contributed by atoms with Crippen molar-refractivity contribution in [2.75, 3.05) is 6.54 Å². The molecule has 202 valence electrons. The monoisotopic (exact) mass is 506 g/mol. The Bertz CT molecular complexity index is 1110. The topological polar surface area (TPSA) is 70.5 Å². The predicted octanol–water partition coefficient (Wildman–Crippen LogP) is 6.51. The van der Waals surface area contributed by atoms with E-state index in [1.165, 1.54) is 22.3 Å². The van der Waals surface area contributed by atoms with Gasteiger partial charge in [0.15, 0.2) is 0 Å². The fourth-order valence-corrected chi connectivity index (χ4v) is 4.50. The normalized spacial score (nSPS) is 14.2. The van der Waals surface area contributed by atoms with E-state index in [9.17, 15) is 14.7 Å². The number of hydrogen-bond donors (Lipinski definition) is 1. The van der Waals surface area contributed by atoms with Gasteiger partial charge in [-0.15, -0.1) is 12.8 Å². The van der Waals surface area contributed by atoms with Crippen LogP contribution in [0, 0.1) is 39.5 Å². The first kappa shape index (κ1) is 32.1. The highest BCUT2D eigenvalue weighted by molar-refractivity contribution is 5.96. The third-order valence-corrected chi connectivity index (χ3v) is 6.84. The molecule has 0 aliphatic carbocycles. The molecule has 5 nitrogen and oxygen atoms in total. The van der Waals surface area contributed by atoms with Gasteiger partial charge in [-0.25, -0.2) is 4.98 Å². The molecule has 37 heavy (non-hydrogen) atoms. The molecule has 1 aromatic carbocycles. The van der Waals surface area contributed by atoms with Crippen molar-refractivity contribution in [1.29, 1.82) is 0 Å². The summed E-state index contributed by atoms with van der Waals surface area (Å²) < 4.78 is 0. The van der Waals surface area contributed by atoms with Crippen LogP contribution >= 0.6 is 0 Å². The summed E-state index contributed by atoms with van der Waals surface area (Å²) in [5.41, 5.74) is 6.98. The van der Waals surface area contributed by atoms with Crippen molar-refractivity contribution in [3.8, 4) is 12.8 Å². The molecule has 1 aliphatic heterocycles. The fraction of sp³-hybridized carbons (Fsp3) is 0.531. The summed E-state index contributed by atoms with van der Waals surface area (Å²) in [5.74, 6) is 1.14. The molecule has 5 heteroatoms. The molecule has 0 spiro atoms. The number of aromatic nitrogens is 1. The summed E-state index contributed by atoms with van der Waals surface area (Å²) >= 11 is 0. The summed E-state index contributed by atoms with van der Waals surface area (Å²) in [5, 5.41) is 9.80. The molecule has 2 atom stereocenters. The highest BCUT2D eigenvalue weighted by Gasteiger charge is 2.32. The molecule has 2 unspecified atom stereocenters. The fourth-order valence-electron chi connectivity index (χ4n) is 4.50. The highest BCUT2D eigenvalue weighted by atomic mass is 16.3. The molecule has 0 radical (unpaired) electrons. The van der Waals surface area contributed by atoms with Gasteiger partial charge in [0.25, 0.3) is 5.91 Å². The summed E-state index contributed by atoms with van der Waals surface area (Å²) in [6.07, 6.45) is 8.94. The number of pyridine rings is 1. The Labute approximate surface area is 224 Å². The van der Waals surface area contributed by atoms with Crippen molar-refractivity contribution in [1.82, 2.24) is 9.88 Å². The molecule has 0 fully saturated rings. The van der Waals surface area contributed by atoms with Gasteiger partial charge in [-0.05, 0) is 88.1 Å². The number of aliphatic hydroxyl groups is 1. The third-order valence-electron chi connectivity index (χ3n) is 6.84. The van der Waals surface area contributed by atoms with Crippen LogP contribution in [0.1, 0.15) is 111 Å². The number of Topliss-reactive ketones (excluding diaryl/α,β-unsaturated/α-hetero) is 1. The number of β-amino-alcohol motifs (C(OH)–C–C–N with tert-alkyl or cyclic N) is 1. The summed E-state index contributed by atoms with van der Waals surface area (Å²) in [4.78, 5) is 29.6. The molecule has 1 N–H and O–H groups in total. The molecule has 0 saturated heterocycles. The first-order chi connectivity index (χ1) is 17.1. The van der Waals surface area contributed by atoms with Gasteiger partial charge in [-0.1, -0.05) is 45.9 Å². The Kier molecular flexibility index (Phi) is 11.7. The molecule has 3 rings (SSSR count). The van der Waals surface area contributed by atoms with Gasteiger partial charge in [0, 0.05) is 30.3 Å². The number of aryl methyl sites for hydroxylation is 3. The number of hydrogen-bond acceptors (Lipinski definition) is 4. The van der Waals surface area contributed by atoms with E-state index in [0.717, 1.165) is 17.7 Å². The van der Waals surface area contributed by atoms with Crippen LogP contribution in [0.3, 0.4) is 0 Å². The van der Waals surface area contributed by atoms with Crippen LogP contribution in [0.5, 0.6) is 0 Å². The molecular weight excluding hydrogens is 460 g/mol. The van der Waals surface area contributed by atoms with Crippen LogP contribution in [-0.4, -0.2) is 38.8 Å². The zero-order chi connectivity index (χ0) is 28.7. The van der Waals surface area contributed by atoms with Crippen LogP contribution in [0.4, 0.5) is 0 Å². The molecule has 2 heterocycles. The summed E-state index contributed by atoms with van der Waals surface area (Å²) in [7, 11) is 0. The molecule has 1 amide bonds.